The zero-order chi connectivity index (χ0) is 24.1. The van der Waals surface area contributed by atoms with Gasteiger partial charge in [-0.2, -0.15) is 0 Å². The van der Waals surface area contributed by atoms with E-state index >= 15 is 0 Å². The summed E-state index contributed by atoms with van der Waals surface area (Å²) in [5.41, 5.74) is 0. The number of ketones is 1. The number of carbonyl (C=O) groups excluding carboxylic acids is 2. The Labute approximate surface area is 190 Å². The molecule has 1 saturated heterocycles. The molecule has 1 heterocycles. The second-order valence-electron chi connectivity index (χ2n) is 8.32. The molecule has 1 aliphatic rings. The van der Waals surface area contributed by atoms with E-state index in [1.807, 2.05) is 0 Å². The van der Waals surface area contributed by atoms with E-state index in [0.717, 1.165) is 25.7 Å². The van der Waals surface area contributed by atoms with E-state index in [4.69, 9.17) is 14.0 Å². The van der Waals surface area contributed by atoms with Crippen LogP contribution in [0.25, 0.3) is 0 Å². The quantitative estimate of drug-likeness (QED) is 0.148. The van der Waals surface area contributed by atoms with Crippen LogP contribution in [-0.2, 0) is 28.2 Å². The van der Waals surface area contributed by atoms with Gasteiger partial charge in [0.25, 0.3) is 0 Å². The Morgan fingerprint density at radius 2 is 1.62 bits per heavy atom. The Morgan fingerprint density at radius 3 is 2.16 bits per heavy atom. The largest absolute Gasteiger partial charge is 0.472 e. The highest BCUT2D eigenvalue weighted by Crippen LogP contribution is 2.41. The van der Waals surface area contributed by atoms with Crippen molar-refractivity contribution in [2.45, 2.75) is 116 Å². The number of aliphatic hydroxyl groups excluding tert-OH is 1. The third-order valence-corrected chi connectivity index (χ3v) is 5.84. The third-order valence-electron chi connectivity index (χ3n) is 5.36. The molecular formula is C21H40NO9P. The summed E-state index contributed by atoms with van der Waals surface area (Å²) in [5, 5.41) is 13.2. The number of hydrogen-bond donors (Lipinski definition) is 4. The van der Waals surface area contributed by atoms with Gasteiger partial charge in [-0.1, -0.05) is 58.8 Å². The number of phosphoric ester groups is 1. The maximum Gasteiger partial charge on any atom is 0.472 e. The van der Waals surface area contributed by atoms with Crippen LogP contribution in [0.3, 0.4) is 0 Å². The molecule has 5 atom stereocenters. The van der Waals surface area contributed by atoms with Crippen molar-refractivity contribution >= 4 is 19.5 Å². The zero-order valence-corrected chi connectivity index (χ0v) is 20.3. The van der Waals surface area contributed by atoms with Crippen molar-refractivity contribution in [3.63, 3.8) is 0 Å². The molecule has 1 rings (SSSR count). The van der Waals surface area contributed by atoms with E-state index < -0.39 is 50.8 Å². The Kier molecular flexibility index (Phi) is 13.8. The molecule has 1 fully saturated rings. The molecular weight excluding hydrogens is 441 g/mol. The van der Waals surface area contributed by atoms with Gasteiger partial charge in [0.15, 0.2) is 6.29 Å². The highest BCUT2D eigenvalue weighted by molar-refractivity contribution is 7.46. The molecule has 1 amide bonds. The molecule has 0 aliphatic carbocycles. The average Bonchev–Trinajstić information content (AvgIpc) is 2.68. The summed E-state index contributed by atoms with van der Waals surface area (Å²) in [6.45, 7) is 5.47. The number of aliphatic hydroxyl groups is 1. The molecule has 188 valence electrons. The van der Waals surface area contributed by atoms with Crippen molar-refractivity contribution in [2.75, 3.05) is 6.61 Å². The molecule has 0 aromatic rings. The number of rotatable bonds is 16. The van der Waals surface area contributed by atoms with Crippen LogP contribution in [0, 0.1) is 0 Å². The van der Waals surface area contributed by atoms with Gasteiger partial charge in [-0.25, -0.2) is 4.57 Å². The molecule has 1 aliphatic heterocycles. The first kappa shape index (κ1) is 29.2. The lowest BCUT2D eigenvalue weighted by Crippen LogP contribution is -2.64. The summed E-state index contributed by atoms with van der Waals surface area (Å²) in [7, 11) is -4.96. The minimum atomic E-state index is -4.96. The van der Waals surface area contributed by atoms with Gasteiger partial charge in [0.05, 0.1) is 12.5 Å². The first-order valence-electron chi connectivity index (χ1n) is 11.6. The van der Waals surface area contributed by atoms with Gasteiger partial charge in [0, 0.05) is 6.61 Å². The van der Waals surface area contributed by atoms with Gasteiger partial charge in [0.1, 0.15) is 24.0 Å². The van der Waals surface area contributed by atoms with Gasteiger partial charge in [0.2, 0.25) is 5.91 Å². The molecule has 0 aromatic heterocycles. The number of Topliss-reactive ketones (excluding diaryl/α,β-unsaturated/α-hetero) is 1. The molecule has 0 aromatic carbocycles. The lowest BCUT2D eigenvalue weighted by atomic mass is 9.94. The number of phosphoric acid groups is 1. The van der Waals surface area contributed by atoms with E-state index in [9.17, 15) is 29.0 Å². The number of carbonyl (C=O) groups is 2. The summed E-state index contributed by atoms with van der Waals surface area (Å²) < 4.78 is 27.6. The van der Waals surface area contributed by atoms with Crippen LogP contribution in [0.1, 0.15) is 85.0 Å². The van der Waals surface area contributed by atoms with E-state index in [2.05, 4.69) is 12.2 Å². The zero-order valence-electron chi connectivity index (χ0n) is 19.4. The Balaban J connectivity index is 2.76. The Hall–Kier alpha value is -0.870. The first-order valence-corrected chi connectivity index (χ1v) is 13.1. The normalized spacial score (nSPS) is 26.1. The lowest BCUT2D eigenvalue weighted by Gasteiger charge is -2.44. The predicted molar refractivity (Wildman–Crippen MR) is 118 cm³/mol. The molecule has 11 heteroatoms. The van der Waals surface area contributed by atoms with Crippen molar-refractivity contribution in [1.82, 2.24) is 5.32 Å². The van der Waals surface area contributed by atoms with Gasteiger partial charge in [-0.3, -0.25) is 14.1 Å². The van der Waals surface area contributed by atoms with Gasteiger partial charge in [-0.05, 0) is 19.8 Å². The fourth-order valence-electron chi connectivity index (χ4n) is 3.75. The number of ether oxygens (including phenoxy) is 2. The van der Waals surface area contributed by atoms with E-state index in [0.29, 0.717) is 13.0 Å². The summed E-state index contributed by atoms with van der Waals surface area (Å²) in [6, 6.07) is -1.19. The number of hydrogen-bond acceptors (Lipinski definition) is 7. The van der Waals surface area contributed by atoms with Crippen LogP contribution in [0.15, 0.2) is 0 Å². The van der Waals surface area contributed by atoms with Crippen molar-refractivity contribution in [3.8, 4) is 0 Å². The van der Waals surface area contributed by atoms with Crippen LogP contribution in [-0.4, -0.2) is 63.8 Å². The van der Waals surface area contributed by atoms with Crippen LogP contribution in [0.5, 0.6) is 0 Å². The maximum absolute atomic E-state index is 12.2. The number of unbranched alkanes of at least 4 members (excludes halogenated alkanes) is 7. The smallest absolute Gasteiger partial charge is 0.388 e. The molecule has 5 unspecified atom stereocenters. The van der Waals surface area contributed by atoms with Gasteiger partial charge in [-0.15, -0.1) is 0 Å². The third kappa shape index (κ3) is 11.3. The summed E-state index contributed by atoms with van der Waals surface area (Å²) >= 11 is 0. The van der Waals surface area contributed by atoms with Gasteiger partial charge < -0.3 is 29.7 Å². The lowest BCUT2D eigenvalue weighted by molar-refractivity contribution is -0.250. The SMILES string of the molecule is CCCCCCCCCCOC1C(O)C(CC)OC(OP(=O)(O)O)C1NC(=O)CC(C)=O. The first-order chi connectivity index (χ1) is 15.1. The van der Waals surface area contributed by atoms with Crippen LogP contribution >= 0.6 is 7.82 Å². The minimum absolute atomic E-state index is 0.300. The summed E-state index contributed by atoms with van der Waals surface area (Å²) in [6.07, 6.45) is 4.25. The predicted octanol–water partition coefficient (Wildman–Crippen LogP) is 2.58. The fraction of sp³-hybridized carbons (Fsp3) is 0.905. The number of amides is 1. The van der Waals surface area contributed by atoms with Crippen molar-refractivity contribution in [2.24, 2.45) is 0 Å². The Morgan fingerprint density at radius 1 is 1.03 bits per heavy atom. The molecule has 10 nitrogen and oxygen atoms in total. The highest BCUT2D eigenvalue weighted by atomic mass is 31.2. The van der Waals surface area contributed by atoms with E-state index in [1.54, 1.807) is 6.92 Å². The van der Waals surface area contributed by atoms with Crippen molar-refractivity contribution < 1.29 is 43.0 Å². The maximum atomic E-state index is 12.2. The van der Waals surface area contributed by atoms with Crippen LogP contribution in [0.2, 0.25) is 0 Å². The van der Waals surface area contributed by atoms with E-state index in [1.165, 1.54) is 32.6 Å². The monoisotopic (exact) mass is 481 g/mol. The second kappa shape index (κ2) is 15.1. The Bertz CT molecular complexity index is 612. The fourth-order valence-corrected chi connectivity index (χ4v) is 4.20. The van der Waals surface area contributed by atoms with Crippen molar-refractivity contribution in [3.05, 3.63) is 0 Å². The van der Waals surface area contributed by atoms with Crippen LogP contribution < -0.4 is 5.32 Å². The molecule has 0 spiro atoms. The highest BCUT2D eigenvalue weighted by Gasteiger charge is 2.48. The number of nitrogens with one attached hydrogen (secondary N) is 1. The van der Waals surface area contributed by atoms with E-state index in [-0.39, 0.29) is 5.78 Å². The molecule has 0 bridgehead atoms. The summed E-state index contributed by atoms with van der Waals surface area (Å²) in [5.74, 6) is -1.05. The van der Waals surface area contributed by atoms with Crippen molar-refractivity contribution in [1.29, 1.82) is 0 Å². The molecule has 0 saturated carbocycles. The minimum Gasteiger partial charge on any atom is -0.388 e. The second-order valence-corrected chi connectivity index (χ2v) is 9.51. The van der Waals surface area contributed by atoms with Gasteiger partial charge >= 0.3 is 7.82 Å². The molecule has 0 radical (unpaired) electrons. The average molecular weight is 482 g/mol. The standard InChI is InChI=1S/C21H40NO9P/c1-4-6-7-8-9-10-11-12-13-29-20-18(22-17(24)14-15(3)23)21(31-32(26,27)28)30-16(5-2)19(20)25/h16,18-21,25H,4-14H2,1-3H3,(H,22,24)(H2,26,27,28). The summed E-state index contributed by atoms with van der Waals surface area (Å²) in [4.78, 5) is 42.0. The van der Waals surface area contributed by atoms with Crippen LogP contribution in [0.4, 0.5) is 0 Å². The topological polar surface area (TPSA) is 152 Å². The molecule has 32 heavy (non-hydrogen) atoms. The molecule has 4 N–H and O–H groups in total.